The van der Waals surface area contributed by atoms with E-state index in [1.807, 2.05) is 0 Å². The highest BCUT2D eigenvalue weighted by molar-refractivity contribution is 6.10. The van der Waals surface area contributed by atoms with Gasteiger partial charge in [0.25, 0.3) is 11.8 Å². The highest BCUT2D eigenvalue weighted by Gasteiger charge is 2.47. The fraction of sp³-hybridized carbons (Fsp3) is 0.709. The number of carbonyl (C=O) groups excluding carboxylic acids is 5. The number of aromatic nitrogens is 1. The number of pyridine rings is 1. The van der Waals surface area contributed by atoms with Crippen LogP contribution in [-0.2, 0) is 76.0 Å². The van der Waals surface area contributed by atoms with Crippen LogP contribution < -0.4 is 21.3 Å². The van der Waals surface area contributed by atoms with Gasteiger partial charge in [-0.1, -0.05) is 12.1 Å². The van der Waals surface area contributed by atoms with Crippen molar-refractivity contribution in [3.05, 3.63) is 36.0 Å². The molecule has 2 aromatic rings. The number of alkyl halides is 2. The number of benzene rings is 1. The van der Waals surface area contributed by atoms with Crippen LogP contribution in [0.25, 0.3) is 10.9 Å². The Kier molecular flexibility index (Phi) is 37.7. The summed E-state index contributed by atoms with van der Waals surface area (Å²) in [5, 5.41) is 29.3. The molecule has 1 fully saturated rings. The Morgan fingerprint density at radius 1 is 0.619 bits per heavy atom. The number of rotatable bonds is 49. The van der Waals surface area contributed by atoms with Crippen LogP contribution in [0.5, 0.6) is 0 Å². The maximum absolute atomic E-state index is 13.8. The number of nitriles is 1. The quantitative estimate of drug-likeness (QED) is 0.0592. The van der Waals surface area contributed by atoms with E-state index in [1.165, 1.54) is 17.2 Å². The molecule has 0 radical (unpaired) electrons. The summed E-state index contributed by atoms with van der Waals surface area (Å²) in [5.41, 5.74) is 0.138. The van der Waals surface area contributed by atoms with E-state index in [2.05, 4.69) is 26.3 Å². The number of carbonyl (C=O) groups is 6. The third-order valence-corrected chi connectivity index (χ3v) is 11.8. The molecule has 1 saturated heterocycles. The molecule has 29 heteroatoms. The Bertz CT molecular complexity index is 2260. The van der Waals surface area contributed by atoms with Crippen LogP contribution in [0.2, 0.25) is 0 Å². The third-order valence-electron chi connectivity index (χ3n) is 11.8. The first-order chi connectivity index (χ1) is 40.5. The Balaban J connectivity index is 0.988. The van der Waals surface area contributed by atoms with Crippen molar-refractivity contribution in [2.45, 2.75) is 64.0 Å². The van der Waals surface area contributed by atoms with Gasteiger partial charge in [-0.05, 0) is 32.9 Å². The Labute approximate surface area is 489 Å². The number of hydrogen-bond acceptors (Lipinski definition) is 20. The second-order valence-corrected chi connectivity index (χ2v) is 19.4. The predicted octanol–water partition coefficient (Wildman–Crippen LogP) is 2.04. The molecule has 0 unspecified atom stereocenters. The standard InChI is InChI=1S/C55H86F2N8O19/c1-54(2,3)65(53(71)72)14-12-59-48(67)10-15-73-17-19-75-21-23-77-25-27-79-29-31-81-33-35-83-37-38-84-36-34-82-32-30-80-28-26-78-24-22-76-20-18-74-16-13-60-47(66)7-8-49(68)63-46-6-4-5-44-45(9-11-61-51(44)46)52(70)62-41-50(69)64-42-55(56,57)39-43(64)40-58/h4-6,9,11,43H,7-8,10,12-39,41-42H2,1-3H3,(H,59,67)(H,60,66)(H,62,70)(H,63,68)(H,71,72)/t43-/m0/s1. The zero-order valence-corrected chi connectivity index (χ0v) is 48.6. The van der Waals surface area contributed by atoms with Crippen LogP contribution in [0.4, 0.5) is 19.3 Å². The maximum Gasteiger partial charge on any atom is 0.407 e. The van der Waals surface area contributed by atoms with Crippen LogP contribution in [0, 0.1) is 11.3 Å². The number of nitrogens with zero attached hydrogens (tertiary/aromatic N) is 4. The van der Waals surface area contributed by atoms with Crippen molar-refractivity contribution in [1.82, 2.24) is 30.7 Å². The number of halogens is 2. The topological polar surface area (TPSA) is 325 Å². The van der Waals surface area contributed by atoms with Crippen molar-refractivity contribution < 1.29 is 99.5 Å². The Hall–Kier alpha value is -5.88. The molecule has 1 aromatic carbocycles. The summed E-state index contributed by atoms with van der Waals surface area (Å²) in [4.78, 5) is 80.3. The molecule has 0 spiro atoms. The molecule has 1 aliphatic rings. The third kappa shape index (κ3) is 33.0. The maximum atomic E-state index is 13.8. The summed E-state index contributed by atoms with van der Waals surface area (Å²) < 4.78 is 93.4. The van der Waals surface area contributed by atoms with Gasteiger partial charge >= 0.3 is 6.09 Å². The Morgan fingerprint density at radius 2 is 1.05 bits per heavy atom. The molecule has 3 rings (SSSR count). The monoisotopic (exact) mass is 1200 g/mol. The molecule has 5 N–H and O–H groups in total. The van der Waals surface area contributed by atoms with E-state index in [0.29, 0.717) is 151 Å². The van der Waals surface area contributed by atoms with E-state index in [-0.39, 0.29) is 80.7 Å². The fourth-order valence-electron chi connectivity index (χ4n) is 7.61. The lowest BCUT2D eigenvalue weighted by Crippen LogP contribution is -2.48. The van der Waals surface area contributed by atoms with E-state index in [9.17, 15) is 47.9 Å². The van der Waals surface area contributed by atoms with E-state index in [0.717, 1.165) is 4.90 Å². The number of para-hydroxylation sites is 1. The van der Waals surface area contributed by atoms with Gasteiger partial charge in [0, 0.05) is 62.4 Å². The molecule has 474 valence electrons. The van der Waals surface area contributed by atoms with Gasteiger partial charge in [0.1, 0.15) is 6.04 Å². The van der Waals surface area contributed by atoms with Crippen LogP contribution in [0.15, 0.2) is 30.5 Å². The second-order valence-electron chi connectivity index (χ2n) is 19.4. The van der Waals surface area contributed by atoms with Crippen LogP contribution >= 0.6 is 0 Å². The molecule has 1 atom stereocenters. The smallest absolute Gasteiger partial charge is 0.407 e. The minimum absolute atomic E-state index is 0.0927. The number of anilines is 1. The molecule has 0 bridgehead atoms. The zero-order chi connectivity index (χ0) is 61.1. The summed E-state index contributed by atoms with van der Waals surface area (Å²) in [6.07, 6.45) is -0.504. The van der Waals surface area contributed by atoms with E-state index >= 15 is 0 Å². The summed E-state index contributed by atoms with van der Waals surface area (Å²) in [6, 6.07) is 6.57. The highest BCUT2D eigenvalue weighted by atomic mass is 19.3. The lowest BCUT2D eigenvalue weighted by molar-refractivity contribution is -0.131. The number of hydrogen-bond donors (Lipinski definition) is 5. The van der Waals surface area contributed by atoms with Crippen molar-refractivity contribution in [1.29, 1.82) is 5.26 Å². The molecule has 84 heavy (non-hydrogen) atoms. The number of amides is 6. The fourth-order valence-corrected chi connectivity index (χ4v) is 7.61. The van der Waals surface area contributed by atoms with Crippen molar-refractivity contribution in [2.75, 3.05) is 197 Å². The van der Waals surface area contributed by atoms with Crippen LogP contribution in [0.3, 0.4) is 0 Å². The minimum Gasteiger partial charge on any atom is -0.465 e. The van der Waals surface area contributed by atoms with Crippen molar-refractivity contribution in [3.63, 3.8) is 0 Å². The number of likely N-dealkylation sites (tertiary alicyclic amines) is 1. The summed E-state index contributed by atoms with van der Waals surface area (Å²) in [6.45, 7) is 14.0. The van der Waals surface area contributed by atoms with Crippen LogP contribution in [0.1, 0.15) is 56.8 Å². The van der Waals surface area contributed by atoms with Gasteiger partial charge < -0.3 is 93.0 Å². The first kappa shape index (κ1) is 72.4. The molecule has 0 saturated carbocycles. The molecule has 27 nitrogen and oxygen atoms in total. The molecule has 0 aliphatic carbocycles. The first-order valence-electron chi connectivity index (χ1n) is 28.0. The number of ether oxygens (including phenoxy) is 12. The van der Waals surface area contributed by atoms with Crippen molar-refractivity contribution >= 4 is 52.2 Å². The van der Waals surface area contributed by atoms with Gasteiger partial charge in [0.05, 0.1) is 194 Å². The lowest BCUT2D eigenvalue weighted by atomic mass is 10.1. The largest absolute Gasteiger partial charge is 0.465 e. The summed E-state index contributed by atoms with van der Waals surface area (Å²) in [7, 11) is 0. The first-order valence-corrected chi connectivity index (χ1v) is 28.0. The van der Waals surface area contributed by atoms with E-state index < -0.39 is 60.8 Å². The predicted molar refractivity (Wildman–Crippen MR) is 298 cm³/mol. The molecular formula is C55H86F2N8O19. The van der Waals surface area contributed by atoms with Gasteiger partial charge in [-0.25, -0.2) is 13.6 Å². The van der Waals surface area contributed by atoms with Gasteiger partial charge in [-0.2, -0.15) is 5.26 Å². The number of carboxylic acid groups (broad SMARTS) is 1. The second kappa shape index (κ2) is 43.7. The Morgan fingerprint density at radius 3 is 1.50 bits per heavy atom. The average Bonchev–Trinajstić information content (AvgIpc) is 3.87. The van der Waals surface area contributed by atoms with Gasteiger partial charge in [0.15, 0.2) is 0 Å². The highest BCUT2D eigenvalue weighted by Crippen LogP contribution is 2.32. The minimum atomic E-state index is -3.19. The number of fused-ring (bicyclic) bond motifs is 1. The lowest BCUT2D eigenvalue weighted by Gasteiger charge is -2.33. The van der Waals surface area contributed by atoms with Crippen LogP contribution in [-0.4, -0.2) is 264 Å². The van der Waals surface area contributed by atoms with E-state index in [4.69, 9.17) is 56.8 Å². The summed E-state index contributed by atoms with van der Waals surface area (Å²) in [5.74, 6) is -5.71. The summed E-state index contributed by atoms with van der Waals surface area (Å²) >= 11 is 0. The average molecular weight is 1200 g/mol. The molecule has 6 amide bonds. The SMILES string of the molecule is CC(C)(C)N(CCNC(=O)CCOCCOCCOCCOCCOCCOCCOCCOCCOCCOCCOCCOCCNC(=O)CCC(=O)Nc1cccc2c(C(=O)NCC(=O)N3CC(F)(F)C[C@H]3C#N)ccnc12)C(=O)O. The zero-order valence-electron chi connectivity index (χ0n) is 48.6. The van der Waals surface area contributed by atoms with Gasteiger partial charge in [-0.3, -0.25) is 29.0 Å². The van der Waals surface area contributed by atoms with Gasteiger partial charge in [0.2, 0.25) is 23.6 Å². The molecular weight excluding hydrogens is 1110 g/mol. The van der Waals surface area contributed by atoms with Crippen molar-refractivity contribution in [2.24, 2.45) is 0 Å². The molecule has 1 aromatic heterocycles. The normalized spacial score (nSPS) is 13.9. The number of nitrogens with one attached hydrogen (secondary N) is 4. The van der Waals surface area contributed by atoms with Crippen molar-refractivity contribution in [3.8, 4) is 6.07 Å². The van der Waals surface area contributed by atoms with Gasteiger partial charge in [-0.15, -0.1) is 0 Å². The molecule has 1 aliphatic heterocycles. The van der Waals surface area contributed by atoms with E-state index in [1.54, 1.807) is 45.0 Å². The molecule has 2 heterocycles.